The number of rotatable bonds is 5. The number of hydrogen-bond donors (Lipinski definition) is 1. The molecule has 2 aliphatic heterocycles. The number of likely N-dealkylation sites (tertiary alicyclic amines) is 2. The number of aromatic nitrogens is 3. The summed E-state index contributed by atoms with van der Waals surface area (Å²) in [5.74, 6) is -3.95. The second-order valence-corrected chi connectivity index (χ2v) is 9.62. The van der Waals surface area contributed by atoms with Gasteiger partial charge in [-0.05, 0) is 25.0 Å². The van der Waals surface area contributed by atoms with E-state index >= 15 is 0 Å². The number of carbonyl (C=O) groups excluding carboxylic acids is 3. The highest BCUT2D eigenvalue weighted by atomic mass is 19.4. The molecule has 3 unspecified atom stereocenters. The molecule has 2 aliphatic rings. The Kier molecular flexibility index (Phi) is 6.66. The lowest BCUT2D eigenvalue weighted by Crippen LogP contribution is -2.69. The zero-order valence-corrected chi connectivity index (χ0v) is 21.0. The minimum atomic E-state index is -4.99. The third kappa shape index (κ3) is 4.87. The van der Waals surface area contributed by atoms with Crippen LogP contribution in [-0.2, 0) is 11.3 Å². The van der Waals surface area contributed by atoms with Gasteiger partial charge in [0.15, 0.2) is 11.9 Å². The van der Waals surface area contributed by atoms with Gasteiger partial charge in [0.1, 0.15) is 17.9 Å². The Bertz CT molecular complexity index is 1400. The predicted molar refractivity (Wildman–Crippen MR) is 129 cm³/mol. The zero-order valence-electron chi connectivity index (χ0n) is 21.0. The summed E-state index contributed by atoms with van der Waals surface area (Å²) in [6, 6.07) is 6.88. The summed E-state index contributed by atoms with van der Waals surface area (Å²) in [6.07, 6.45) is -4.47. The first-order valence-corrected chi connectivity index (χ1v) is 12.1. The van der Waals surface area contributed by atoms with Gasteiger partial charge in [0.2, 0.25) is 11.9 Å². The molecular weight excluding hydrogens is 521 g/mol. The SMILES string of the molecule is Cc1cc(C(=O)n2nc(C3C(=O)N(C(=O)N4CCC(O)C4)C3C(F)(F)F)nc2N(C)Cc2ccccc2)co1. The molecule has 3 atom stereocenters. The van der Waals surface area contributed by atoms with Gasteiger partial charge >= 0.3 is 12.2 Å². The number of furan rings is 1. The molecule has 0 saturated carbocycles. The first kappa shape index (κ1) is 26.4. The Labute approximate surface area is 220 Å². The van der Waals surface area contributed by atoms with E-state index in [1.165, 1.54) is 17.2 Å². The summed E-state index contributed by atoms with van der Waals surface area (Å²) >= 11 is 0. The largest absolute Gasteiger partial charge is 0.469 e. The average molecular weight is 547 g/mol. The molecule has 14 heteroatoms. The molecule has 0 bridgehead atoms. The molecule has 0 spiro atoms. The highest BCUT2D eigenvalue weighted by molar-refractivity contribution is 6.04. The number of imide groups is 1. The van der Waals surface area contributed by atoms with E-state index in [1.54, 1.807) is 14.0 Å². The number of nitrogens with zero attached hydrogens (tertiary/aromatic N) is 6. The van der Waals surface area contributed by atoms with Crippen LogP contribution < -0.4 is 4.90 Å². The monoisotopic (exact) mass is 546 g/mol. The second kappa shape index (κ2) is 9.84. The number of aliphatic hydroxyl groups excluding tert-OH is 1. The average Bonchev–Trinajstić information content (AvgIpc) is 3.62. The summed E-state index contributed by atoms with van der Waals surface area (Å²) in [4.78, 5) is 46.0. The molecule has 2 saturated heterocycles. The summed E-state index contributed by atoms with van der Waals surface area (Å²) in [5, 5.41) is 13.8. The van der Waals surface area contributed by atoms with E-state index in [4.69, 9.17) is 4.42 Å². The molecule has 206 valence electrons. The zero-order chi connectivity index (χ0) is 28.1. The quantitative estimate of drug-likeness (QED) is 0.484. The molecule has 39 heavy (non-hydrogen) atoms. The molecule has 1 N–H and O–H groups in total. The Balaban J connectivity index is 1.51. The van der Waals surface area contributed by atoms with Crippen LogP contribution in [0.2, 0.25) is 0 Å². The maximum absolute atomic E-state index is 14.2. The minimum Gasteiger partial charge on any atom is -0.469 e. The van der Waals surface area contributed by atoms with E-state index in [0.717, 1.165) is 15.1 Å². The highest BCUT2D eigenvalue weighted by Gasteiger charge is 2.66. The molecular formula is C25H25F3N6O5. The fourth-order valence-corrected chi connectivity index (χ4v) is 4.80. The van der Waals surface area contributed by atoms with Crippen molar-refractivity contribution in [2.45, 2.75) is 44.1 Å². The van der Waals surface area contributed by atoms with Crippen LogP contribution in [0.4, 0.5) is 23.9 Å². The third-order valence-electron chi connectivity index (χ3n) is 6.73. The van der Waals surface area contributed by atoms with E-state index < -0.39 is 47.9 Å². The number of hydrogen-bond acceptors (Lipinski definition) is 8. The van der Waals surface area contributed by atoms with E-state index in [2.05, 4.69) is 10.1 Å². The first-order valence-electron chi connectivity index (χ1n) is 12.1. The molecule has 0 radical (unpaired) electrons. The summed E-state index contributed by atoms with van der Waals surface area (Å²) in [5.41, 5.74) is 0.926. The van der Waals surface area contributed by atoms with Crippen molar-refractivity contribution in [1.82, 2.24) is 24.6 Å². The van der Waals surface area contributed by atoms with E-state index in [9.17, 15) is 32.7 Å². The second-order valence-electron chi connectivity index (χ2n) is 9.62. The topological polar surface area (TPSA) is 125 Å². The standard InChI is InChI=1S/C25H25F3N6O5/c1-14-10-16(13-39-14)21(36)34-23(31(2)11-15-6-4-3-5-7-15)29-20(30-34)18-19(25(26,27)28)33(22(18)37)24(38)32-9-8-17(35)12-32/h3-7,10,13,17-19,35H,8-9,11-12H2,1-2H3. The fourth-order valence-electron chi connectivity index (χ4n) is 4.80. The number of alkyl halides is 3. The number of β-amino-alcohol motifs (C(OH)–C–C–N with tert-alkyl or cyclic N) is 1. The van der Waals surface area contributed by atoms with Crippen LogP contribution in [0.15, 0.2) is 47.1 Å². The lowest BCUT2D eigenvalue weighted by atomic mass is 9.86. The van der Waals surface area contributed by atoms with Gasteiger partial charge in [0, 0.05) is 26.7 Å². The lowest BCUT2D eigenvalue weighted by molar-refractivity contribution is -0.212. The van der Waals surface area contributed by atoms with Gasteiger partial charge in [0.25, 0.3) is 5.91 Å². The molecule has 2 fully saturated rings. The van der Waals surface area contributed by atoms with Crippen LogP contribution in [0.5, 0.6) is 0 Å². The van der Waals surface area contributed by atoms with Gasteiger partial charge in [-0.2, -0.15) is 22.8 Å². The number of anilines is 1. The lowest BCUT2D eigenvalue weighted by Gasteiger charge is -2.45. The summed E-state index contributed by atoms with van der Waals surface area (Å²) < 4.78 is 48.6. The number of carbonyl (C=O) groups is 3. The van der Waals surface area contributed by atoms with E-state index in [0.29, 0.717) is 5.76 Å². The molecule has 3 aromatic rings. The van der Waals surface area contributed by atoms with Gasteiger partial charge < -0.3 is 19.3 Å². The van der Waals surface area contributed by atoms with Crippen LogP contribution in [0.25, 0.3) is 0 Å². The fraction of sp³-hybridized carbons (Fsp3) is 0.400. The third-order valence-corrected chi connectivity index (χ3v) is 6.73. The minimum absolute atomic E-state index is 0.0267. The van der Waals surface area contributed by atoms with E-state index in [-0.39, 0.29) is 42.5 Å². The molecule has 3 amide bonds. The van der Waals surface area contributed by atoms with Gasteiger partial charge in [-0.3, -0.25) is 9.59 Å². The van der Waals surface area contributed by atoms with Crippen molar-refractivity contribution >= 4 is 23.8 Å². The van der Waals surface area contributed by atoms with Crippen LogP contribution in [0.3, 0.4) is 0 Å². The normalized spacial score (nSPS) is 21.3. The van der Waals surface area contributed by atoms with Crippen LogP contribution in [0, 0.1) is 6.92 Å². The molecule has 5 rings (SSSR count). The Morgan fingerprint density at radius 2 is 1.95 bits per heavy atom. The number of aryl methyl sites for hydroxylation is 1. The molecule has 1 aromatic carbocycles. The Morgan fingerprint density at radius 1 is 1.23 bits per heavy atom. The summed E-state index contributed by atoms with van der Waals surface area (Å²) in [6.45, 7) is 1.72. The Morgan fingerprint density at radius 3 is 2.54 bits per heavy atom. The number of halogens is 3. The van der Waals surface area contributed by atoms with Crippen molar-refractivity contribution in [3.63, 3.8) is 0 Å². The van der Waals surface area contributed by atoms with Crippen molar-refractivity contribution in [1.29, 1.82) is 0 Å². The maximum atomic E-state index is 14.2. The Hall–Kier alpha value is -4.20. The highest BCUT2D eigenvalue weighted by Crippen LogP contribution is 2.45. The van der Waals surface area contributed by atoms with Crippen molar-refractivity contribution in [2.24, 2.45) is 0 Å². The number of amides is 3. The number of benzene rings is 1. The molecule has 11 nitrogen and oxygen atoms in total. The van der Waals surface area contributed by atoms with Gasteiger partial charge in [0.05, 0.1) is 11.7 Å². The van der Waals surface area contributed by atoms with Gasteiger partial charge in [-0.25, -0.2) is 9.69 Å². The number of aliphatic hydroxyl groups is 1. The van der Waals surface area contributed by atoms with Crippen LogP contribution in [-0.4, -0.2) is 86.0 Å². The summed E-state index contributed by atoms with van der Waals surface area (Å²) in [7, 11) is 1.59. The van der Waals surface area contributed by atoms with Crippen molar-refractivity contribution in [3.8, 4) is 0 Å². The van der Waals surface area contributed by atoms with Crippen molar-refractivity contribution < 1.29 is 37.1 Å². The first-order chi connectivity index (χ1) is 18.5. The number of urea groups is 1. The predicted octanol–water partition coefficient (Wildman–Crippen LogP) is 2.55. The van der Waals surface area contributed by atoms with Crippen LogP contribution in [0.1, 0.15) is 39.8 Å². The smallest absolute Gasteiger partial charge is 0.410 e. The van der Waals surface area contributed by atoms with Crippen molar-refractivity contribution in [2.75, 3.05) is 25.0 Å². The molecule has 2 aromatic heterocycles. The van der Waals surface area contributed by atoms with Crippen LogP contribution >= 0.6 is 0 Å². The van der Waals surface area contributed by atoms with Crippen molar-refractivity contribution in [3.05, 3.63) is 65.4 Å². The van der Waals surface area contributed by atoms with Gasteiger partial charge in [-0.15, -0.1) is 5.10 Å². The van der Waals surface area contributed by atoms with Gasteiger partial charge in [-0.1, -0.05) is 30.3 Å². The molecule has 4 heterocycles. The number of β-lactam (4-membered cyclic amide) rings is 1. The molecule has 0 aliphatic carbocycles. The van der Waals surface area contributed by atoms with E-state index in [1.807, 2.05) is 30.3 Å². The maximum Gasteiger partial charge on any atom is 0.410 e.